The number of hydrogen-bond acceptors (Lipinski definition) is 6. The van der Waals surface area contributed by atoms with E-state index in [4.69, 9.17) is 14.2 Å². The van der Waals surface area contributed by atoms with E-state index in [0.29, 0.717) is 30.2 Å². The molecule has 36 heavy (non-hydrogen) atoms. The van der Waals surface area contributed by atoms with Gasteiger partial charge in [0.2, 0.25) is 5.91 Å². The molecule has 190 valence electrons. The number of ether oxygens (including phenoxy) is 3. The fraction of sp³-hybridized carbons (Fsp3) is 0.333. The van der Waals surface area contributed by atoms with Gasteiger partial charge in [0.05, 0.1) is 19.8 Å². The van der Waals surface area contributed by atoms with Crippen LogP contribution in [0.3, 0.4) is 0 Å². The number of thiophene rings is 1. The Morgan fingerprint density at radius 3 is 2.69 bits per heavy atom. The Balaban J connectivity index is 1.53. The fourth-order valence-corrected chi connectivity index (χ4v) is 5.18. The van der Waals surface area contributed by atoms with Crippen molar-refractivity contribution in [3.05, 3.63) is 81.8 Å². The first kappa shape index (κ1) is 25.7. The normalized spacial score (nSPS) is 14.8. The summed E-state index contributed by atoms with van der Waals surface area (Å²) in [6.07, 6.45) is 0.733. The number of methoxy groups -OCH3 is 2. The Labute approximate surface area is 214 Å². The Morgan fingerprint density at radius 1 is 1.11 bits per heavy atom. The minimum Gasteiger partial charge on any atom is -0.497 e. The lowest BCUT2D eigenvalue weighted by Crippen LogP contribution is -2.48. The molecule has 2 heterocycles. The topological polar surface area (TPSA) is 68.3 Å². The lowest BCUT2D eigenvalue weighted by molar-refractivity contribution is -0.135. The van der Waals surface area contributed by atoms with E-state index < -0.39 is 0 Å². The number of halogens is 1. The smallest absolute Gasteiger partial charge is 0.254 e. The summed E-state index contributed by atoms with van der Waals surface area (Å²) in [5, 5.41) is 2.00. The maximum atomic E-state index is 13.6. The van der Waals surface area contributed by atoms with Crippen LogP contribution in [0.4, 0.5) is 4.39 Å². The minimum absolute atomic E-state index is 0.102. The monoisotopic (exact) mass is 512 g/mol. The van der Waals surface area contributed by atoms with Gasteiger partial charge in [-0.1, -0.05) is 12.1 Å². The molecule has 2 aromatic carbocycles. The van der Waals surface area contributed by atoms with Gasteiger partial charge in [0.25, 0.3) is 5.91 Å². The summed E-state index contributed by atoms with van der Waals surface area (Å²) in [7, 11) is 3.09. The third-order valence-electron chi connectivity index (χ3n) is 6.11. The van der Waals surface area contributed by atoms with Crippen molar-refractivity contribution in [2.45, 2.75) is 12.5 Å². The molecule has 0 aliphatic carbocycles. The van der Waals surface area contributed by atoms with Crippen LogP contribution in [0.2, 0.25) is 0 Å². The number of carbonyl (C=O) groups is 2. The quantitative estimate of drug-likeness (QED) is 0.408. The Kier molecular flexibility index (Phi) is 8.56. The zero-order chi connectivity index (χ0) is 25.5. The van der Waals surface area contributed by atoms with Gasteiger partial charge in [-0.25, -0.2) is 4.39 Å². The van der Waals surface area contributed by atoms with Crippen molar-refractivity contribution in [3.8, 4) is 11.5 Å². The van der Waals surface area contributed by atoms with Crippen molar-refractivity contribution in [2.24, 2.45) is 0 Å². The number of amides is 2. The van der Waals surface area contributed by atoms with Gasteiger partial charge in [0.1, 0.15) is 30.5 Å². The molecule has 1 aliphatic heterocycles. The predicted molar refractivity (Wildman–Crippen MR) is 135 cm³/mol. The van der Waals surface area contributed by atoms with Crippen LogP contribution >= 0.6 is 11.3 Å². The molecule has 1 aliphatic rings. The van der Waals surface area contributed by atoms with Crippen molar-refractivity contribution in [3.63, 3.8) is 0 Å². The molecular formula is C27H29FN2O5S. The van der Waals surface area contributed by atoms with Gasteiger partial charge in [-0.2, -0.15) is 0 Å². The molecule has 0 N–H and O–H groups in total. The number of carbonyl (C=O) groups excluding carboxylic acids is 2. The van der Waals surface area contributed by atoms with Crippen LogP contribution in [0, 0.1) is 5.82 Å². The second kappa shape index (κ2) is 12.0. The van der Waals surface area contributed by atoms with E-state index in [-0.39, 0.29) is 43.4 Å². The molecule has 0 bridgehead atoms. The number of fused-ring (bicyclic) bond motifs is 1. The predicted octanol–water partition coefficient (Wildman–Crippen LogP) is 4.19. The van der Waals surface area contributed by atoms with E-state index >= 15 is 0 Å². The zero-order valence-electron chi connectivity index (χ0n) is 20.3. The average Bonchev–Trinajstić information content (AvgIpc) is 3.38. The van der Waals surface area contributed by atoms with E-state index in [0.717, 1.165) is 12.0 Å². The first-order valence-electron chi connectivity index (χ1n) is 11.7. The number of hydrogen-bond donors (Lipinski definition) is 0. The molecule has 0 fully saturated rings. The maximum absolute atomic E-state index is 13.6. The Hall–Kier alpha value is -3.43. The average molecular weight is 513 g/mol. The molecule has 0 spiro atoms. The molecule has 9 heteroatoms. The van der Waals surface area contributed by atoms with Crippen molar-refractivity contribution in [1.82, 2.24) is 9.80 Å². The summed E-state index contributed by atoms with van der Waals surface area (Å²) >= 11 is 1.65. The Morgan fingerprint density at radius 2 is 1.92 bits per heavy atom. The first-order valence-corrected chi connectivity index (χ1v) is 12.5. The molecule has 1 atom stereocenters. The highest BCUT2D eigenvalue weighted by Crippen LogP contribution is 2.34. The highest BCUT2D eigenvalue weighted by molar-refractivity contribution is 7.10. The molecule has 0 unspecified atom stereocenters. The van der Waals surface area contributed by atoms with Gasteiger partial charge in [0, 0.05) is 36.7 Å². The summed E-state index contributed by atoms with van der Waals surface area (Å²) in [5.41, 5.74) is 1.46. The maximum Gasteiger partial charge on any atom is 0.254 e. The van der Waals surface area contributed by atoms with Gasteiger partial charge in [-0.15, -0.1) is 11.3 Å². The van der Waals surface area contributed by atoms with Crippen LogP contribution < -0.4 is 9.47 Å². The lowest BCUT2D eigenvalue weighted by Gasteiger charge is -2.37. The van der Waals surface area contributed by atoms with E-state index in [1.54, 1.807) is 59.7 Å². The fourth-order valence-electron chi connectivity index (χ4n) is 4.25. The van der Waals surface area contributed by atoms with Gasteiger partial charge < -0.3 is 24.0 Å². The van der Waals surface area contributed by atoms with Crippen LogP contribution in [0.25, 0.3) is 0 Å². The second-order valence-corrected chi connectivity index (χ2v) is 9.37. The lowest BCUT2D eigenvalue weighted by atomic mass is 10.0. The molecule has 0 saturated heterocycles. The zero-order valence-corrected chi connectivity index (χ0v) is 21.1. The number of benzene rings is 2. The van der Waals surface area contributed by atoms with Crippen LogP contribution in [0.1, 0.15) is 26.8 Å². The van der Waals surface area contributed by atoms with Gasteiger partial charge in [0.15, 0.2) is 0 Å². The summed E-state index contributed by atoms with van der Waals surface area (Å²) in [5.74, 6) is 0.117. The van der Waals surface area contributed by atoms with Crippen molar-refractivity contribution < 1.29 is 28.2 Å². The van der Waals surface area contributed by atoms with Crippen molar-refractivity contribution in [2.75, 3.05) is 47.1 Å². The molecule has 3 aromatic rings. The van der Waals surface area contributed by atoms with Gasteiger partial charge in [-0.05, 0) is 53.8 Å². The van der Waals surface area contributed by atoms with Crippen LogP contribution in [-0.4, -0.2) is 68.7 Å². The van der Waals surface area contributed by atoms with Crippen molar-refractivity contribution in [1.29, 1.82) is 0 Å². The Bertz CT molecular complexity index is 1200. The number of rotatable bonds is 10. The molecule has 0 saturated carbocycles. The molecule has 0 radical (unpaired) electrons. The highest BCUT2D eigenvalue weighted by atomic mass is 32.1. The van der Waals surface area contributed by atoms with E-state index in [1.807, 2.05) is 11.4 Å². The summed E-state index contributed by atoms with van der Waals surface area (Å²) in [4.78, 5) is 31.4. The molecule has 2 amide bonds. The standard InChI is InChI=1S/C27H29FN2O5S/c1-33-13-12-29(27(32)19-5-3-7-21(15-19)34-2)17-26(31)30-11-9-25-23(10-14-36-25)24(30)18-35-22-8-4-6-20(28)16-22/h3-8,10,14-16,24H,9,11-13,17-18H2,1-2H3/t24-/m0/s1. The molecule has 7 nitrogen and oxygen atoms in total. The largest absolute Gasteiger partial charge is 0.497 e. The van der Waals surface area contributed by atoms with E-state index in [1.165, 1.54) is 29.0 Å². The van der Waals surface area contributed by atoms with Gasteiger partial charge >= 0.3 is 0 Å². The van der Waals surface area contributed by atoms with E-state index in [2.05, 4.69) is 0 Å². The van der Waals surface area contributed by atoms with Crippen LogP contribution in [-0.2, 0) is 16.0 Å². The first-order chi connectivity index (χ1) is 17.5. The molecular weight excluding hydrogens is 483 g/mol. The van der Waals surface area contributed by atoms with Crippen LogP contribution in [0.5, 0.6) is 11.5 Å². The minimum atomic E-state index is -0.384. The van der Waals surface area contributed by atoms with Gasteiger partial charge in [-0.3, -0.25) is 9.59 Å². The second-order valence-electron chi connectivity index (χ2n) is 8.37. The summed E-state index contributed by atoms with van der Waals surface area (Å²) < 4.78 is 30.0. The van der Waals surface area contributed by atoms with Crippen LogP contribution in [0.15, 0.2) is 60.0 Å². The SMILES string of the molecule is COCCN(CC(=O)N1CCc2sccc2[C@@H]1COc1cccc(F)c1)C(=O)c1cccc(OC)c1. The van der Waals surface area contributed by atoms with E-state index in [9.17, 15) is 14.0 Å². The molecule has 1 aromatic heterocycles. The van der Waals surface area contributed by atoms with Crippen molar-refractivity contribution >= 4 is 23.2 Å². The third kappa shape index (κ3) is 6.03. The summed E-state index contributed by atoms with van der Waals surface area (Å²) in [6, 6.07) is 14.5. The molecule has 4 rings (SSSR count). The third-order valence-corrected chi connectivity index (χ3v) is 7.11. The number of nitrogens with zero attached hydrogens (tertiary/aromatic N) is 2. The highest BCUT2D eigenvalue weighted by Gasteiger charge is 2.33. The summed E-state index contributed by atoms with van der Waals surface area (Å²) in [6.45, 7) is 1.15.